The lowest BCUT2D eigenvalue weighted by Gasteiger charge is -2.01. The first-order valence-corrected chi connectivity index (χ1v) is 10.7. The molecule has 0 rings (SSSR count). The molecule has 4 heteroatoms. The minimum atomic E-state index is -0.680. The van der Waals surface area contributed by atoms with Gasteiger partial charge in [-0.25, -0.2) is 0 Å². The van der Waals surface area contributed by atoms with E-state index in [0.29, 0.717) is 12.8 Å². The summed E-state index contributed by atoms with van der Waals surface area (Å²) in [5, 5.41) is 17.1. The van der Waals surface area contributed by atoms with Crippen LogP contribution in [0.5, 0.6) is 0 Å². The molecule has 0 aliphatic carbocycles. The molecule has 0 saturated carbocycles. The Labute approximate surface area is 160 Å². The summed E-state index contributed by atoms with van der Waals surface area (Å²) in [5.41, 5.74) is 0. The Balaban J connectivity index is 3.10. The van der Waals surface area contributed by atoms with Crippen LogP contribution in [-0.2, 0) is 9.59 Å². The van der Waals surface area contributed by atoms with Gasteiger partial charge in [-0.15, -0.1) is 0 Å². The molecule has 0 saturated heterocycles. The minimum absolute atomic E-state index is 0.312. The molecule has 0 aromatic carbocycles. The maximum absolute atomic E-state index is 10.4. The smallest absolute Gasteiger partial charge is 0.303 e. The monoisotopic (exact) mass is 368 g/mol. The lowest BCUT2D eigenvalue weighted by molar-refractivity contribution is -0.138. The summed E-state index contributed by atoms with van der Waals surface area (Å²) in [6.07, 6.45) is 23.8. The zero-order valence-corrected chi connectivity index (χ0v) is 16.6. The SMILES string of the molecule is O=C(O)CCCCCCC/C=C/CCCCCCCCCCCC(=O)O. The molecule has 0 aromatic heterocycles. The van der Waals surface area contributed by atoms with E-state index >= 15 is 0 Å². The number of carboxylic acids is 2. The third-order valence-corrected chi connectivity index (χ3v) is 4.69. The molecule has 2 N–H and O–H groups in total. The van der Waals surface area contributed by atoms with E-state index in [1.54, 1.807) is 0 Å². The zero-order chi connectivity index (χ0) is 19.3. The Morgan fingerprint density at radius 3 is 1.04 bits per heavy atom. The van der Waals surface area contributed by atoms with E-state index in [1.807, 2.05) is 0 Å². The molecule has 0 bridgehead atoms. The van der Waals surface area contributed by atoms with Crippen LogP contribution in [0.2, 0.25) is 0 Å². The highest BCUT2D eigenvalue weighted by atomic mass is 16.4. The van der Waals surface area contributed by atoms with Gasteiger partial charge in [0.25, 0.3) is 0 Å². The third-order valence-electron chi connectivity index (χ3n) is 4.69. The second kappa shape index (κ2) is 20.0. The quantitative estimate of drug-likeness (QED) is 0.184. The van der Waals surface area contributed by atoms with Gasteiger partial charge in [0.2, 0.25) is 0 Å². The molecule has 26 heavy (non-hydrogen) atoms. The second-order valence-corrected chi connectivity index (χ2v) is 7.29. The van der Waals surface area contributed by atoms with Crippen LogP contribution in [0, 0.1) is 0 Å². The van der Waals surface area contributed by atoms with E-state index in [-0.39, 0.29) is 0 Å². The van der Waals surface area contributed by atoms with Gasteiger partial charge >= 0.3 is 11.9 Å². The number of carboxylic acid groups (broad SMARTS) is 2. The molecule has 0 fully saturated rings. The second-order valence-electron chi connectivity index (χ2n) is 7.29. The van der Waals surface area contributed by atoms with Crippen LogP contribution in [0.4, 0.5) is 0 Å². The van der Waals surface area contributed by atoms with E-state index < -0.39 is 11.9 Å². The van der Waals surface area contributed by atoms with Crippen LogP contribution in [0.3, 0.4) is 0 Å². The summed E-state index contributed by atoms with van der Waals surface area (Å²) in [5.74, 6) is -1.35. The van der Waals surface area contributed by atoms with Gasteiger partial charge in [-0.2, -0.15) is 0 Å². The van der Waals surface area contributed by atoms with Gasteiger partial charge in [-0.3, -0.25) is 9.59 Å². The highest BCUT2D eigenvalue weighted by molar-refractivity contribution is 5.66. The van der Waals surface area contributed by atoms with E-state index in [4.69, 9.17) is 10.2 Å². The molecule has 0 unspecified atom stereocenters. The number of carbonyl (C=O) groups is 2. The fourth-order valence-corrected chi connectivity index (χ4v) is 3.08. The number of aliphatic carboxylic acids is 2. The van der Waals surface area contributed by atoms with E-state index in [1.165, 1.54) is 64.2 Å². The van der Waals surface area contributed by atoms with Crippen molar-refractivity contribution in [3.63, 3.8) is 0 Å². The number of unbranched alkanes of at least 4 members (excludes halogenated alkanes) is 14. The van der Waals surface area contributed by atoms with Crippen molar-refractivity contribution < 1.29 is 19.8 Å². The Kier molecular flexibility index (Phi) is 19.0. The van der Waals surface area contributed by atoms with Crippen molar-refractivity contribution in [3.8, 4) is 0 Å². The van der Waals surface area contributed by atoms with Crippen molar-refractivity contribution in [2.75, 3.05) is 0 Å². The maximum atomic E-state index is 10.4. The molecule has 152 valence electrons. The average molecular weight is 369 g/mol. The van der Waals surface area contributed by atoms with Gasteiger partial charge in [0.05, 0.1) is 0 Å². The molecule has 0 aliphatic rings. The summed E-state index contributed by atoms with van der Waals surface area (Å²) < 4.78 is 0. The van der Waals surface area contributed by atoms with Crippen molar-refractivity contribution in [3.05, 3.63) is 12.2 Å². The van der Waals surface area contributed by atoms with Crippen molar-refractivity contribution in [2.24, 2.45) is 0 Å². The molecule has 0 aromatic rings. The first kappa shape index (κ1) is 24.7. The maximum Gasteiger partial charge on any atom is 0.303 e. The highest BCUT2D eigenvalue weighted by Gasteiger charge is 1.97. The number of hydrogen-bond donors (Lipinski definition) is 2. The standard InChI is InChI=1S/C22H40O4/c23-21(24)19-17-15-13-11-9-7-5-3-1-2-4-6-8-10-12-14-16-18-20-22(25)26/h3,5H,1-2,4,6-20H2,(H,23,24)(H,25,26)/b5-3+. The van der Waals surface area contributed by atoms with E-state index in [0.717, 1.165) is 38.5 Å². The molecule has 0 aliphatic heterocycles. The van der Waals surface area contributed by atoms with Crippen molar-refractivity contribution in [1.82, 2.24) is 0 Å². The van der Waals surface area contributed by atoms with Gasteiger partial charge in [-0.1, -0.05) is 76.4 Å². The number of rotatable bonds is 20. The summed E-state index contributed by atoms with van der Waals surface area (Å²) >= 11 is 0. The number of hydrogen-bond acceptors (Lipinski definition) is 2. The van der Waals surface area contributed by atoms with Crippen LogP contribution < -0.4 is 0 Å². The molecule has 4 nitrogen and oxygen atoms in total. The highest BCUT2D eigenvalue weighted by Crippen LogP contribution is 2.12. The Hall–Kier alpha value is -1.32. The predicted molar refractivity (Wildman–Crippen MR) is 108 cm³/mol. The topological polar surface area (TPSA) is 74.6 Å². The zero-order valence-electron chi connectivity index (χ0n) is 16.6. The van der Waals surface area contributed by atoms with Gasteiger partial charge in [0, 0.05) is 12.8 Å². The van der Waals surface area contributed by atoms with Crippen LogP contribution >= 0.6 is 0 Å². The van der Waals surface area contributed by atoms with Crippen LogP contribution in [0.25, 0.3) is 0 Å². The molecule has 0 amide bonds. The molecule has 0 heterocycles. The van der Waals surface area contributed by atoms with Crippen LogP contribution in [0.15, 0.2) is 12.2 Å². The van der Waals surface area contributed by atoms with Crippen LogP contribution in [0.1, 0.15) is 116 Å². The molecule has 0 spiro atoms. The van der Waals surface area contributed by atoms with Crippen molar-refractivity contribution >= 4 is 11.9 Å². The Bertz CT molecular complexity index is 363. The summed E-state index contributed by atoms with van der Waals surface area (Å²) in [6.45, 7) is 0. The summed E-state index contributed by atoms with van der Waals surface area (Å²) in [7, 11) is 0. The first-order valence-electron chi connectivity index (χ1n) is 10.7. The minimum Gasteiger partial charge on any atom is -0.481 e. The van der Waals surface area contributed by atoms with Crippen molar-refractivity contribution in [2.45, 2.75) is 116 Å². The summed E-state index contributed by atoms with van der Waals surface area (Å²) in [4.78, 5) is 20.8. The van der Waals surface area contributed by atoms with Gasteiger partial charge in [0.1, 0.15) is 0 Å². The lowest BCUT2D eigenvalue weighted by Crippen LogP contribution is -1.93. The molecule has 0 atom stereocenters. The van der Waals surface area contributed by atoms with Crippen molar-refractivity contribution in [1.29, 1.82) is 0 Å². The molecule has 0 radical (unpaired) electrons. The lowest BCUT2D eigenvalue weighted by atomic mass is 10.1. The fourth-order valence-electron chi connectivity index (χ4n) is 3.08. The largest absolute Gasteiger partial charge is 0.481 e. The van der Waals surface area contributed by atoms with E-state index in [9.17, 15) is 9.59 Å². The van der Waals surface area contributed by atoms with Gasteiger partial charge in [0.15, 0.2) is 0 Å². The average Bonchev–Trinajstić information content (AvgIpc) is 2.59. The Morgan fingerprint density at radius 1 is 0.462 bits per heavy atom. The fraction of sp³-hybridized carbons (Fsp3) is 0.818. The summed E-state index contributed by atoms with van der Waals surface area (Å²) in [6, 6.07) is 0. The molecular weight excluding hydrogens is 328 g/mol. The normalized spacial score (nSPS) is 11.2. The molecular formula is C22H40O4. The first-order chi connectivity index (χ1) is 12.6. The third kappa shape index (κ3) is 22.7. The van der Waals surface area contributed by atoms with Crippen LogP contribution in [-0.4, -0.2) is 22.2 Å². The number of allylic oxidation sites excluding steroid dienone is 2. The predicted octanol–water partition coefficient (Wildman–Crippen LogP) is 6.73. The van der Waals surface area contributed by atoms with Gasteiger partial charge in [-0.05, 0) is 38.5 Å². The van der Waals surface area contributed by atoms with E-state index in [2.05, 4.69) is 12.2 Å². The van der Waals surface area contributed by atoms with Gasteiger partial charge < -0.3 is 10.2 Å². The Morgan fingerprint density at radius 2 is 0.731 bits per heavy atom.